The zero-order valence-corrected chi connectivity index (χ0v) is 12.1. The van der Waals surface area contributed by atoms with Crippen LogP contribution in [-0.4, -0.2) is 35.8 Å². The van der Waals surface area contributed by atoms with Gasteiger partial charge >= 0.3 is 5.97 Å². The van der Waals surface area contributed by atoms with Gasteiger partial charge in [-0.15, -0.1) is 11.3 Å². The van der Waals surface area contributed by atoms with Crippen LogP contribution in [0.1, 0.15) is 42.7 Å². The number of methoxy groups -OCH3 is 1. The highest BCUT2D eigenvalue weighted by molar-refractivity contribution is 7.15. The van der Waals surface area contributed by atoms with E-state index in [0.29, 0.717) is 13.0 Å². The van der Waals surface area contributed by atoms with Gasteiger partial charge in [0.05, 0.1) is 18.3 Å². The number of rotatable bonds is 7. The monoisotopic (exact) mass is 284 g/mol. The number of fused-ring (bicyclic) bond motifs is 1. The minimum absolute atomic E-state index is 0.240. The van der Waals surface area contributed by atoms with Gasteiger partial charge < -0.3 is 15.2 Å². The smallest absolute Gasteiger partial charge is 0.312 e. The maximum Gasteiger partial charge on any atom is 0.312 e. The molecule has 1 aromatic rings. The van der Waals surface area contributed by atoms with Gasteiger partial charge in [-0.2, -0.15) is 0 Å². The third-order valence-corrected chi connectivity index (χ3v) is 4.41. The van der Waals surface area contributed by atoms with Crippen molar-refractivity contribution < 1.29 is 14.6 Å². The lowest BCUT2D eigenvalue weighted by Gasteiger charge is -2.16. The van der Waals surface area contributed by atoms with Crippen LogP contribution in [0, 0.1) is 0 Å². The number of aromatic nitrogens is 1. The highest BCUT2D eigenvalue weighted by Gasteiger charge is 2.32. The van der Waals surface area contributed by atoms with Crippen molar-refractivity contribution in [3.05, 3.63) is 10.6 Å². The molecule has 0 saturated carbocycles. The van der Waals surface area contributed by atoms with Crippen LogP contribution in [-0.2, 0) is 16.0 Å². The van der Waals surface area contributed by atoms with E-state index in [4.69, 9.17) is 9.84 Å². The second-order valence-corrected chi connectivity index (χ2v) is 5.93. The number of aliphatic carboxylic acids is 1. The fourth-order valence-electron chi connectivity index (χ4n) is 2.45. The van der Waals surface area contributed by atoms with E-state index in [-0.39, 0.29) is 6.04 Å². The summed E-state index contributed by atoms with van der Waals surface area (Å²) < 4.78 is 5.19. The number of aryl methyl sites for hydroxylation is 1. The average molecular weight is 284 g/mol. The standard InChI is InChI=1S/C13H20N2O3S/c1-3-4-8(7-18-2)14-13-15-11-9(12(16)17)5-6-10(11)19-13/h8-9H,3-7H2,1-2H3,(H,14,15)(H,16,17). The SMILES string of the molecule is CCCC(COC)Nc1nc2c(s1)CCC2C(=O)O. The van der Waals surface area contributed by atoms with Crippen molar-refractivity contribution in [3.8, 4) is 0 Å². The Labute approximate surface area is 117 Å². The molecule has 0 spiro atoms. The van der Waals surface area contributed by atoms with Gasteiger partial charge in [0, 0.05) is 12.0 Å². The number of ether oxygens (including phenoxy) is 1. The molecule has 0 aliphatic heterocycles. The predicted molar refractivity (Wildman–Crippen MR) is 75.0 cm³/mol. The zero-order valence-electron chi connectivity index (χ0n) is 11.3. The molecule has 0 saturated heterocycles. The summed E-state index contributed by atoms with van der Waals surface area (Å²) in [6, 6.07) is 0.240. The predicted octanol–water partition coefficient (Wildman–Crippen LogP) is 2.48. The molecular formula is C13H20N2O3S. The van der Waals surface area contributed by atoms with Crippen LogP contribution in [0.4, 0.5) is 5.13 Å². The van der Waals surface area contributed by atoms with Gasteiger partial charge in [-0.05, 0) is 19.3 Å². The van der Waals surface area contributed by atoms with E-state index in [1.54, 1.807) is 18.4 Å². The molecule has 106 valence electrons. The van der Waals surface area contributed by atoms with Crippen molar-refractivity contribution in [1.29, 1.82) is 0 Å². The van der Waals surface area contributed by atoms with Gasteiger partial charge in [-0.25, -0.2) is 4.98 Å². The number of nitrogens with one attached hydrogen (secondary N) is 1. The molecule has 19 heavy (non-hydrogen) atoms. The maximum absolute atomic E-state index is 11.1. The van der Waals surface area contributed by atoms with Gasteiger partial charge in [0.15, 0.2) is 5.13 Å². The Kier molecular flexibility index (Phi) is 4.76. The number of carboxylic acids is 1. The fraction of sp³-hybridized carbons (Fsp3) is 0.692. The third kappa shape index (κ3) is 3.25. The highest BCUT2D eigenvalue weighted by atomic mass is 32.1. The molecule has 0 aromatic carbocycles. The Morgan fingerprint density at radius 2 is 2.47 bits per heavy atom. The number of hydrogen-bond acceptors (Lipinski definition) is 5. The Balaban J connectivity index is 2.06. The summed E-state index contributed by atoms with van der Waals surface area (Å²) in [4.78, 5) is 16.7. The molecule has 0 fully saturated rings. The summed E-state index contributed by atoms with van der Waals surface area (Å²) >= 11 is 1.58. The van der Waals surface area contributed by atoms with Crippen LogP contribution in [0.3, 0.4) is 0 Å². The first-order valence-corrected chi connectivity index (χ1v) is 7.45. The van der Waals surface area contributed by atoms with Crippen molar-refractivity contribution in [1.82, 2.24) is 4.98 Å². The van der Waals surface area contributed by atoms with Crippen LogP contribution in [0.25, 0.3) is 0 Å². The highest BCUT2D eigenvalue weighted by Crippen LogP contribution is 2.38. The maximum atomic E-state index is 11.1. The molecular weight excluding hydrogens is 264 g/mol. The first-order valence-electron chi connectivity index (χ1n) is 6.63. The molecule has 1 heterocycles. The molecule has 1 aliphatic carbocycles. The summed E-state index contributed by atoms with van der Waals surface area (Å²) in [5, 5.41) is 13.3. The van der Waals surface area contributed by atoms with E-state index >= 15 is 0 Å². The Bertz CT molecular complexity index is 441. The number of carboxylic acid groups (broad SMARTS) is 1. The molecule has 1 aliphatic rings. The van der Waals surface area contributed by atoms with Crippen LogP contribution in [0.2, 0.25) is 0 Å². The van der Waals surface area contributed by atoms with Gasteiger partial charge in [0.2, 0.25) is 0 Å². The van der Waals surface area contributed by atoms with Crippen molar-refractivity contribution in [2.24, 2.45) is 0 Å². The molecule has 6 heteroatoms. The lowest BCUT2D eigenvalue weighted by atomic mass is 10.1. The third-order valence-electron chi connectivity index (χ3n) is 3.35. The van der Waals surface area contributed by atoms with E-state index < -0.39 is 11.9 Å². The van der Waals surface area contributed by atoms with E-state index in [9.17, 15) is 4.79 Å². The van der Waals surface area contributed by atoms with Gasteiger partial charge in [-0.1, -0.05) is 13.3 Å². The summed E-state index contributed by atoms with van der Waals surface area (Å²) in [7, 11) is 1.69. The van der Waals surface area contributed by atoms with Gasteiger partial charge in [0.1, 0.15) is 5.92 Å². The molecule has 0 amide bonds. The molecule has 0 radical (unpaired) electrons. The topological polar surface area (TPSA) is 71.5 Å². The molecule has 2 N–H and O–H groups in total. The average Bonchev–Trinajstić information content (AvgIpc) is 2.88. The van der Waals surface area contributed by atoms with Crippen LogP contribution < -0.4 is 5.32 Å². The van der Waals surface area contributed by atoms with E-state index in [2.05, 4.69) is 17.2 Å². The first-order chi connectivity index (χ1) is 9.15. The summed E-state index contributed by atoms with van der Waals surface area (Å²) in [5.74, 6) is -1.19. The zero-order chi connectivity index (χ0) is 13.8. The first kappa shape index (κ1) is 14.3. The molecule has 2 rings (SSSR count). The van der Waals surface area contributed by atoms with E-state index in [0.717, 1.165) is 35.0 Å². The van der Waals surface area contributed by atoms with Crippen molar-refractivity contribution in [3.63, 3.8) is 0 Å². The molecule has 1 aromatic heterocycles. The van der Waals surface area contributed by atoms with Crippen molar-refractivity contribution >= 4 is 22.4 Å². The van der Waals surface area contributed by atoms with Crippen molar-refractivity contribution in [2.45, 2.75) is 44.6 Å². The van der Waals surface area contributed by atoms with E-state index in [1.807, 2.05) is 0 Å². The molecule has 0 bridgehead atoms. The fourth-order valence-corrected chi connectivity index (χ4v) is 3.57. The Morgan fingerprint density at radius 3 is 3.11 bits per heavy atom. The van der Waals surface area contributed by atoms with E-state index in [1.165, 1.54) is 0 Å². The summed E-state index contributed by atoms with van der Waals surface area (Å²) in [6.07, 6.45) is 3.60. The summed E-state index contributed by atoms with van der Waals surface area (Å²) in [5.41, 5.74) is 0.757. The van der Waals surface area contributed by atoms with Crippen LogP contribution in [0.5, 0.6) is 0 Å². The molecule has 2 unspecified atom stereocenters. The Morgan fingerprint density at radius 1 is 1.68 bits per heavy atom. The quantitative estimate of drug-likeness (QED) is 0.805. The Hall–Kier alpha value is -1.14. The van der Waals surface area contributed by atoms with Crippen molar-refractivity contribution in [2.75, 3.05) is 19.0 Å². The molecule has 2 atom stereocenters. The number of nitrogens with zero attached hydrogens (tertiary/aromatic N) is 1. The number of anilines is 1. The largest absolute Gasteiger partial charge is 0.481 e. The molecule has 5 nitrogen and oxygen atoms in total. The van der Waals surface area contributed by atoms with Crippen LogP contribution in [0.15, 0.2) is 0 Å². The normalized spacial score (nSPS) is 19.2. The minimum atomic E-state index is -0.766. The lowest BCUT2D eigenvalue weighted by Crippen LogP contribution is -2.24. The number of carbonyl (C=O) groups is 1. The van der Waals surface area contributed by atoms with Gasteiger partial charge in [0.25, 0.3) is 0 Å². The van der Waals surface area contributed by atoms with Crippen LogP contribution >= 0.6 is 11.3 Å². The summed E-state index contributed by atoms with van der Waals surface area (Å²) in [6.45, 7) is 2.77. The number of hydrogen-bond donors (Lipinski definition) is 2. The van der Waals surface area contributed by atoms with Gasteiger partial charge in [-0.3, -0.25) is 4.79 Å². The second kappa shape index (κ2) is 6.34. The second-order valence-electron chi connectivity index (χ2n) is 4.84. The lowest BCUT2D eigenvalue weighted by molar-refractivity contribution is -0.138. The minimum Gasteiger partial charge on any atom is -0.481 e. The number of thiazole rings is 1.